The van der Waals surface area contributed by atoms with Crippen LogP contribution in [0, 0.1) is 6.92 Å². The van der Waals surface area contributed by atoms with Crippen LogP contribution in [0.25, 0.3) is 0 Å². The molecular weight excluding hydrogens is 339 g/mol. The van der Waals surface area contributed by atoms with Crippen molar-refractivity contribution in [1.82, 2.24) is 19.7 Å². The highest BCUT2D eigenvalue weighted by molar-refractivity contribution is 6.00. The fourth-order valence-corrected chi connectivity index (χ4v) is 2.48. The lowest BCUT2D eigenvalue weighted by Crippen LogP contribution is -2.36. The van der Waals surface area contributed by atoms with E-state index in [0.717, 1.165) is 4.68 Å². The van der Waals surface area contributed by atoms with Gasteiger partial charge in [-0.1, -0.05) is 0 Å². The van der Waals surface area contributed by atoms with Gasteiger partial charge in [0.15, 0.2) is 5.82 Å². The maximum Gasteiger partial charge on any atom is 0.408 e. The van der Waals surface area contributed by atoms with Gasteiger partial charge in [-0.15, -0.1) is 0 Å². The predicted octanol–water partition coefficient (Wildman–Crippen LogP) is 1.54. The summed E-state index contributed by atoms with van der Waals surface area (Å²) < 4.78 is 37.9. The molecule has 134 valence electrons. The molecule has 0 atom stereocenters. The molecule has 1 aliphatic heterocycles. The average molecular weight is 355 g/mol. The first-order valence-corrected chi connectivity index (χ1v) is 7.43. The number of hydrogen-bond acceptors (Lipinski definition) is 6. The first-order chi connectivity index (χ1) is 11.7. The third-order valence-electron chi connectivity index (χ3n) is 3.56. The number of aryl methyl sites for hydroxylation is 1. The van der Waals surface area contributed by atoms with Gasteiger partial charge in [-0.2, -0.15) is 23.3 Å². The summed E-state index contributed by atoms with van der Waals surface area (Å²) in [5.74, 6) is 0.768. The topological polar surface area (TPSA) is 88.0 Å². The number of anilines is 3. The SMILES string of the molecule is Cc1nc(NCc2cnn(CC(F)(F)F)c2)nc2c1NC(=O)CN2C. The number of rotatable bonds is 4. The minimum Gasteiger partial charge on any atom is -0.350 e. The van der Waals surface area contributed by atoms with Crippen molar-refractivity contribution in [3.05, 3.63) is 23.7 Å². The van der Waals surface area contributed by atoms with Gasteiger partial charge in [-0.25, -0.2) is 4.98 Å². The number of halogens is 3. The first kappa shape index (κ1) is 17.0. The Hall–Kier alpha value is -2.85. The molecule has 0 unspecified atom stereocenters. The lowest BCUT2D eigenvalue weighted by atomic mass is 10.2. The zero-order chi connectivity index (χ0) is 18.2. The first-order valence-electron chi connectivity index (χ1n) is 7.43. The number of nitrogens with one attached hydrogen (secondary N) is 2. The average Bonchev–Trinajstić information content (AvgIpc) is 2.91. The number of amides is 1. The summed E-state index contributed by atoms with van der Waals surface area (Å²) in [5, 5.41) is 9.38. The summed E-state index contributed by atoms with van der Waals surface area (Å²) in [6, 6.07) is 0. The summed E-state index contributed by atoms with van der Waals surface area (Å²) in [6.45, 7) is 1.03. The van der Waals surface area contributed by atoms with Gasteiger partial charge < -0.3 is 15.5 Å². The van der Waals surface area contributed by atoms with Crippen molar-refractivity contribution in [1.29, 1.82) is 0 Å². The molecule has 8 nitrogen and oxygen atoms in total. The zero-order valence-electron chi connectivity index (χ0n) is 13.6. The number of likely N-dealkylation sites (N-methyl/N-ethyl adjacent to an activating group) is 1. The van der Waals surface area contributed by atoms with E-state index in [1.165, 1.54) is 12.4 Å². The highest BCUT2D eigenvalue weighted by Gasteiger charge is 2.28. The van der Waals surface area contributed by atoms with E-state index in [9.17, 15) is 18.0 Å². The summed E-state index contributed by atoms with van der Waals surface area (Å²) >= 11 is 0. The van der Waals surface area contributed by atoms with E-state index in [4.69, 9.17) is 0 Å². The smallest absolute Gasteiger partial charge is 0.350 e. The summed E-state index contributed by atoms with van der Waals surface area (Å²) in [5.41, 5.74) is 1.73. The van der Waals surface area contributed by atoms with E-state index in [0.29, 0.717) is 28.7 Å². The molecule has 0 saturated carbocycles. The standard InChI is InChI=1S/C14H16F3N7O/c1-8-11-12(23(2)6-10(25)21-11)22-13(20-8)18-3-9-4-19-24(5-9)7-14(15,16)17/h4-5H,3,6-7H2,1-2H3,(H,21,25)(H,18,20,22). The van der Waals surface area contributed by atoms with Gasteiger partial charge in [0.1, 0.15) is 12.2 Å². The van der Waals surface area contributed by atoms with Gasteiger partial charge in [0.2, 0.25) is 11.9 Å². The van der Waals surface area contributed by atoms with Gasteiger partial charge in [-0.3, -0.25) is 9.48 Å². The molecule has 0 spiro atoms. The van der Waals surface area contributed by atoms with Crippen LogP contribution in [0.15, 0.2) is 12.4 Å². The second-order valence-corrected chi connectivity index (χ2v) is 5.75. The van der Waals surface area contributed by atoms with Crippen LogP contribution in [-0.4, -0.2) is 45.4 Å². The molecular formula is C14H16F3N7O. The summed E-state index contributed by atoms with van der Waals surface area (Å²) in [6.07, 6.45) is -1.64. The normalized spacial score (nSPS) is 14.3. The lowest BCUT2D eigenvalue weighted by molar-refractivity contribution is -0.142. The largest absolute Gasteiger partial charge is 0.408 e. The van der Waals surface area contributed by atoms with Crippen molar-refractivity contribution < 1.29 is 18.0 Å². The quantitative estimate of drug-likeness (QED) is 0.865. The van der Waals surface area contributed by atoms with E-state index in [-0.39, 0.29) is 19.0 Å². The molecule has 25 heavy (non-hydrogen) atoms. The molecule has 2 aromatic heterocycles. The minimum absolute atomic E-state index is 0.139. The Morgan fingerprint density at radius 1 is 1.36 bits per heavy atom. The van der Waals surface area contributed by atoms with Crippen LogP contribution in [0.3, 0.4) is 0 Å². The van der Waals surface area contributed by atoms with E-state index >= 15 is 0 Å². The Balaban J connectivity index is 1.71. The highest BCUT2D eigenvalue weighted by Crippen LogP contribution is 2.29. The summed E-state index contributed by atoms with van der Waals surface area (Å²) in [7, 11) is 1.75. The van der Waals surface area contributed by atoms with Gasteiger partial charge in [-0.05, 0) is 6.92 Å². The maximum absolute atomic E-state index is 12.3. The number of fused-ring (bicyclic) bond motifs is 1. The molecule has 0 radical (unpaired) electrons. The molecule has 0 aromatic carbocycles. The number of carbonyl (C=O) groups is 1. The number of carbonyl (C=O) groups excluding carboxylic acids is 1. The van der Waals surface area contributed by atoms with Crippen molar-refractivity contribution in [3.63, 3.8) is 0 Å². The molecule has 2 aromatic rings. The molecule has 3 heterocycles. The zero-order valence-corrected chi connectivity index (χ0v) is 13.6. The molecule has 0 aliphatic carbocycles. The molecule has 0 saturated heterocycles. The van der Waals surface area contributed by atoms with Crippen molar-refractivity contribution in [2.24, 2.45) is 0 Å². The monoisotopic (exact) mass is 355 g/mol. The van der Waals surface area contributed by atoms with Crippen molar-refractivity contribution >= 4 is 23.4 Å². The van der Waals surface area contributed by atoms with E-state index < -0.39 is 12.7 Å². The van der Waals surface area contributed by atoms with Crippen molar-refractivity contribution in [2.75, 3.05) is 29.1 Å². The molecule has 2 N–H and O–H groups in total. The van der Waals surface area contributed by atoms with Gasteiger partial charge in [0, 0.05) is 25.4 Å². The van der Waals surface area contributed by atoms with Gasteiger partial charge in [0.25, 0.3) is 0 Å². The fraction of sp³-hybridized carbons (Fsp3) is 0.429. The lowest BCUT2D eigenvalue weighted by Gasteiger charge is -2.27. The number of nitrogens with zero attached hydrogens (tertiary/aromatic N) is 5. The van der Waals surface area contributed by atoms with Crippen molar-refractivity contribution in [3.8, 4) is 0 Å². The summed E-state index contributed by atoms with van der Waals surface area (Å²) in [4.78, 5) is 21.9. The van der Waals surface area contributed by atoms with Gasteiger partial charge in [0.05, 0.1) is 18.4 Å². The van der Waals surface area contributed by atoms with Crippen LogP contribution in [-0.2, 0) is 17.9 Å². The number of hydrogen-bond donors (Lipinski definition) is 2. The number of alkyl halides is 3. The second kappa shape index (κ2) is 6.22. The Morgan fingerprint density at radius 3 is 2.84 bits per heavy atom. The Morgan fingerprint density at radius 2 is 2.12 bits per heavy atom. The van der Waals surface area contributed by atoms with Crippen LogP contribution >= 0.6 is 0 Å². The van der Waals surface area contributed by atoms with Gasteiger partial charge >= 0.3 is 6.18 Å². The van der Waals surface area contributed by atoms with Crippen LogP contribution in [0.4, 0.5) is 30.6 Å². The van der Waals surface area contributed by atoms with Crippen LogP contribution < -0.4 is 15.5 Å². The molecule has 11 heteroatoms. The fourth-order valence-electron chi connectivity index (χ4n) is 2.48. The third kappa shape index (κ3) is 3.98. The Labute approximate surface area is 141 Å². The third-order valence-corrected chi connectivity index (χ3v) is 3.56. The highest BCUT2D eigenvalue weighted by atomic mass is 19.4. The molecule has 0 fully saturated rings. The molecule has 1 amide bonds. The minimum atomic E-state index is -4.32. The second-order valence-electron chi connectivity index (χ2n) is 5.75. The Bertz CT molecular complexity index is 802. The van der Waals surface area contributed by atoms with Crippen LogP contribution in [0.1, 0.15) is 11.3 Å². The molecule has 1 aliphatic rings. The van der Waals surface area contributed by atoms with Crippen LogP contribution in [0.5, 0.6) is 0 Å². The van der Waals surface area contributed by atoms with Crippen molar-refractivity contribution in [2.45, 2.75) is 26.2 Å². The van der Waals surface area contributed by atoms with E-state index in [1.54, 1.807) is 18.9 Å². The molecule has 3 rings (SSSR count). The maximum atomic E-state index is 12.3. The number of aromatic nitrogens is 4. The Kier molecular flexibility index (Phi) is 4.23. The molecule has 0 bridgehead atoms. The predicted molar refractivity (Wildman–Crippen MR) is 84.3 cm³/mol. The van der Waals surface area contributed by atoms with E-state index in [2.05, 4.69) is 25.7 Å². The van der Waals surface area contributed by atoms with Crippen LogP contribution in [0.2, 0.25) is 0 Å². The van der Waals surface area contributed by atoms with E-state index in [1.807, 2.05) is 0 Å².